The topological polar surface area (TPSA) is 32.7 Å². The summed E-state index contributed by atoms with van der Waals surface area (Å²) in [6.45, 7) is 9.26. The summed E-state index contributed by atoms with van der Waals surface area (Å²) in [6.07, 6.45) is 2.30. The van der Waals surface area contributed by atoms with Gasteiger partial charge in [-0.3, -0.25) is 4.90 Å². The van der Waals surface area contributed by atoms with E-state index in [1.165, 1.54) is 23.1 Å². The molecular formula is C16H25NO2. The van der Waals surface area contributed by atoms with Crippen molar-refractivity contribution in [2.24, 2.45) is 0 Å². The van der Waals surface area contributed by atoms with Crippen LogP contribution in [0.15, 0.2) is 12.1 Å². The third-order valence-corrected chi connectivity index (χ3v) is 3.94. The summed E-state index contributed by atoms with van der Waals surface area (Å²) in [5, 5.41) is 9.29. The average molecular weight is 263 g/mol. The summed E-state index contributed by atoms with van der Waals surface area (Å²) in [6, 6.07) is 4.66. The van der Waals surface area contributed by atoms with Crippen molar-refractivity contribution < 1.29 is 9.84 Å². The summed E-state index contributed by atoms with van der Waals surface area (Å²) < 4.78 is 5.95. The maximum atomic E-state index is 9.29. The molecule has 106 valence electrons. The molecule has 1 unspecified atom stereocenters. The Morgan fingerprint density at radius 3 is 2.58 bits per heavy atom. The first-order valence-corrected chi connectivity index (χ1v) is 7.17. The standard InChI is InChI=1S/C16H25NO2/c1-12-9-13(2)16(14(3)10-12)19-8-7-17-6-4-5-15(17)11-18/h9-10,15,18H,4-8,11H2,1-3H3. The lowest BCUT2D eigenvalue weighted by atomic mass is 10.1. The van der Waals surface area contributed by atoms with Crippen LogP contribution < -0.4 is 4.74 Å². The third kappa shape index (κ3) is 3.48. The molecule has 0 spiro atoms. The first-order chi connectivity index (χ1) is 9.11. The minimum absolute atomic E-state index is 0.266. The molecule has 1 aliphatic heterocycles. The van der Waals surface area contributed by atoms with E-state index in [-0.39, 0.29) is 6.61 Å². The first-order valence-electron chi connectivity index (χ1n) is 7.17. The van der Waals surface area contributed by atoms with E-state index in [9.17, 15) is 5.11 Å². The molecule has 1 aliphatic rings. The lowest BCUT2D eigenvalue weighted by Crippen LogP contribution is -2.35. The quantitative estimate of drug-likeness (QED) is 0.885. The van der Waals surface area contributed by atoms with Crippen molar-refractivity contribution in [3.05, 3.63) is 28.8 Å². The molecule has 0 amide bonds. The predicted octanol–water partition coefficient (Wildman–Crippen LogP) is 2.45. The number of benzene rings is 1. The van der Waals surface area contributed by atoms with Gasteiger partial charge in [0.25, 0.3) is 0 Å². The highest BCUT2D eigenvalue weighted by molar-refractivity contribution is 5.42. The van der Waals surface area contributed by atoms with Gasteiger partial charge < -0.3 is 9.84 Å². The minimum atomic E-state index is 0.266. The molecule has 1 aromatic carbocycles. The molecule has 2 rings (SSSR count). The normalized spacial score (nSPS) is 19.9. The second kappa shape index (κ2) is 6.40. The Morgan fingerprint density at radius 2 is 1.95 bits per heavy atom. The molecule has 0 saturated carbocycles. The van der Waals surface area contributed by atoms with Crippen LogP contribution >= 0.6 is 0 Å². The molecule has 1 fully saturated rings. The highest BCUT2D eigenvalue weighted by Gasteiger charge is 2.23. The van der Waals surface area contributed by atoms with Crippen LogP contribution in [0.25, 0.3) is 0 Å². The zero-order valence-electron chi connectivity index (χ0n) is 12.3. The van der Waals surface area contributed by atoms with E-state index in [2.05, 4.69) is 37.8 Å². The molecule has 1 aromatic rings. The summed E-state index contributed by atoms with van der Waals surface area (Å²) in [5.41, 5.74) is 3.69. The number of likely N-dealkylation sites (tertiary alicyclic amines) is 1. The van der Waals surface area contributed by atoms with Gasteiger partial charge in [0.1, 0.15) is 12.4 Å². The molecule has 0 radical (unpaired) electrons. The number of aliphatic hydroxyl groups is 1. The van der Waals surface area contributed by atoms with Gasteiger partial charge in [0.15, 0.2) is 0 Å². The van der Waals surface area contributed by atoms with Gasteiger partial charge in [-0.15, -0.1) is 0 Å². The van der Waals surface area contributed by atoms with Crippen molar-refractivity contribution in [2.75, 3.05) is 26.3 Å². The smallest absolute Gasteiger partial charge is 0.125 e. The van der Waals surface area contributed by atoms with Crippen LogP contribution in [0.5, 0.6) is 5.75 Å². The first kappa shape index (κ1) is 14.4. The molecule has 0 aromatic heterocycles. The van der Waals surface area contributed by atoms with Crippen molar-refractivity contribution >= 4 is 0 Å². The Labute approximate surface area is 116 Å². The molecular weight excluding hydrogens is 238 g/mol. The Hall–Kier alpha value is -1.06. The number of hydrogen-bond donors (Lipinski definition) is 1. The fraction of sp³-hybridized carbons (Fsp3) is 0.625. The number of ether oxygens (including phenoxy) is 1. The number of nitrogens with zero attached hydrogens (tertiary/aromatic N) is 1. The van der Waals surface area contributed by atoms with Gasteiger partial charge >= 0.3 is 0 Å². The van der Waals surface area contributed by atoms with Crippen molar-refractivity contribution in [1.82, 2.24) is 4.90 Å². The number of hydrogen-bond acceptors (Lipinski definition) is 3. The maximum Gasteiger partial charge on any atom is 0.125 e. The van der Waals surface area contributed by atoms with Gasteiger partial charge in [-0.2, -0.15) is 0 Å². The number of rotatable bonds is 5. The van der Waals surface area contributed by atoms with Crippen molar-refractivity contribution in [2.45, 2.75) is 39.7 Å². The van der Waals surface area contributed by atoms with Gasteiger partial charge in [-0.25, -0.2) is 0 Å². The maximum absolute atomic E-state index is 9.29. The van der Waals surface area contributed by atoms with E-state index in [0.29, 0.717) is 12.6 Å². The van der Waals surface area contributed by atoms with Crippen LogP contribution in [-0.2, 0) is 0 Å². The van der Waals surface area contributed by atoms with E-state index < -0.39 is 0 Å². The van der Waals surface area contributed by atoms with Gasteiger partial charge in [-0.05, 0) is 51.3 Å². The fourth-order valence-corrected chi connectivity index (χ4v) is 3.06. The van der Waals surface area contributed by atoms with Crippen LogP contribution in [0.3, 0.4) is 0 Å². The second-order valence-corrected chi connectivity index (χ2v) is 5.59. The van der Waals surface area contributed by atoms with Crippen LogP contribution in [-0.4, -0.2) is 42.4 Å². The molecule has 1 heterocycles. The third-order valence-electron chi connectivity index (χ3n) is 3.94. The van der Waals surface area contributed by atoms with Crippen LogP contribution in [0.1, 0.15) is 29.5 Å². The van der Waals surface area contributed by atoms with E-state index >= 15 is 0 Å². The summed E-state index contributed by atoms with van der Waals surface area (Å²) >= 11 is 0. The number of aliphatic hydroxyl groups excluding tert-OH is 1. The van der Waals surface area contributed by atoms with Gasteiger partial charge in [-0.1, -0.05) is 17.7 Å². The van der Waals surface area contributed by atoms with Gasteiger partial charge in [0.2, 0.25) is 0 Å². The average Bonchev–Trinajstić information content (AvgIpc) is 2.79. The number of aryl methyl sites for hydroxylation is 3. The highest BCUT2D eigenvalue weighted by Crippen LogP contribution is 2.24. The zero-order chi connectivity index (χ0) is 13.8. The van der Waals surface area contributed by atoms with Crippen LogP contribution in [0, 0.1) is 20.8 Å². The van der Waals surface area contributed by atoms with E-state index in [0.717, 1.165) is 25.3 Å². The van der Waals surface area contributed by atoms with Crippen LogP contribution in [0.4, 0.5) is 0 Å². The lowest BCUT2D eigenvalue weighted by molar-refractivity contribution is 0.139. The Bertz CT molecular complexity index is 408. The molecule has 3 heteroatoms. The van der Waals surface area contributed by atoms with Crippen molar-refractivity contribution in [3.8, 4) is 5.75 Å². The van der Waals surface area contributed by atoms with E-state index in [1.807, 2.05) is 0 Å². The molecule has 0 bridgehead atoms. The van der Waals surface area contributed by atoms with E-state index in [4.69, 9.17) is 4.74 Å². The molecule has 3 nitrogen and oxygen atoms in total. The molecule has 1 N–H and O–H groups in total. The van der Waals surface area contributed by atoms with Crippen molar-refractivity contribution in [1.29, 1.82) is 0 Å². The second-order valence-electron chi connectivity index (χ2n) is 5.59. The fourth-order valence-electron chi connectivity index (χ4n) is 3.06. The molecule has 19 heavy (non-hydrogen) atoms. The van der Waals surface area contributed by atoms with Gasteiger partial charge in [0, 0.05) is 12.6 Å². The SMILES string of the molecule is Cc1cc(C)c(OCCN2CCCC2CO)c(C)c1. The van der Waals surface area contributed by atoms with Crippen molar-refractivity contribution in [3.63, 3.8) is 0 Å². The Balaban J connectivity index is 1.89. The largest absolute Gasteiger partial charge is 0.492 e. The van der Waals surface area contributed by atoms with Gasteiger partial charge in [0.05, 0.1) is 6.61 Å². The van der Waals surface area contributed by atoms with E-state index in [1.54, 1.807) is 0 Å². The minimum Gasteiger partial charge on any atom is -0.492 e. The Kier molecular flexibility index (Phi) is 4.83. The summed E-state index contributed by atoms with van der Waals surface area (Å²) in [4.78, 5) is 2.33. The lowest BCUT2D eigenvalue weighted by Gasteiger charge is -2.23. The zero-order valence-corrected chi connectivity index (χ0v) is 12.3. The summed E-state index contributed by atoms with van der Waals surface area (Å²) in [7, 11) is 0. The Morgan fingerprint density at radius 1 is 1.26 bits per heavy atom. The molecule has 0 aliphatic carbocycles. The highest BCUT2D eigenvalue weighted by atomic mass is 16.5. The monoisotopic (exact) mass is 263 g/mol. The molecule has 1 saturated heterocycles. The molecule has 1 atom stereocenters. The summed E-state index contributed by atoms with van der Waals surface area (Å²) in [5.74, 6) is 1.02. The predicted molar refractivity (Wildman–Crippen MR) is 77.8 cm³/mol. The van der Waals surface area contributed by atoms with Crippen LogP contribution in [0.2, 0.25) is 0 Å².